The second-order valence-electron chi connectivity index (χ2n) is 4.68. The Bertz CT molecular complexity index is 112. The quantitative estimate of drug-likeness (QED) is 0.528. The van der Waals surface area contributed by atoms with Crippen LogP contribution in [-0.4, -0.2) is 7.85 Å². The largest absolute Gasteiger partial charge is 0.101 e. The van der Waals surface area contributed by atoms with Crippen molar-refractivity contribution in [3.05, 3.63) is 0 Å². The van der Waals surface area contributed by atoms with Gasteiger partial charge in [-0.2, -0.15) is 0 Å². The number of rotatable bonds is 7. The molecular weight excluding hydrogens is 155 g/mol. The molecule has 0 spiro atoms. The molecule has 0 rings (SSSR count). The van der Waals surface area contributed by atoms with Gasteiger partial charge in [-0.25, -0.2) is 0 Å². The fourth-order valence-electron chi connectivity index (χ4n) is 2.26. The van der Waals surface area contributed by atoms with E-state index < -0.39 is 0 Å². The molecule has 0 radical (unpaired) electrons. The van der Waals surface area contributed by atoms with Crippen LogP contribution in [0.4, 0.5) is 0 Å². The second kappa shape index (κ2) is 7.47. The lowest BCUT2D eigenvalue weighted by Gasteiger charge is -2.24. The van der Waals surface area contributed by atoms with E-state index in [9.17, 15) is 0 Å². The highest BCUT2D eigenvalue weighted by molar-refractivity contribution is 6.08. The smallest absolute Gasteiger partial charge is 0.0808 e. The van der Waals surface area contributed by atoms with Crippen molar-refractivity contribution in [2.45, 2.75) is 59.7 Å². The summed E-state index contributed by atoms with van der Waals surface area (Å²) in [6.45, 7) is 9.48. The fraction of sp³-hybridized carbons (Fsp3) is 1.00. The van der Waals surface area contributed by atoms with Gasteiger partial charge in [-0.3, -0.25) is 0 Å². The summed E-state index contributed by atoms with van der Waals surface area (Å²) in [7, 11) is 2.29. The minimum absolute atomic E-state index is 0.921. The summed E-state index contributed by atoms with van der Waals surface area (Å²) in [6.07, 6.45) is 6.91. The molecule has 0 amide bonds. The van der Waals surface area contributed by atoms with Crippen LogP contribution in [0.3, 0.4) is 0 Å². The van der Waals surface area contributed by atoms with E-state index in [4.69, 9.17) is 0 Å². The van der Waals surface area contributed by atoms with E-state index in [1.165, 1.54) is 32.0 Å². The molecule has 0 aliphatic heterocycles. The molecule has 0 aliphatic carbocycles. The highest BCUT2D eigenvalue weighted by Gasteiger charge is 2.16. The summed E-state index contributed by atoms with van der Waals surface area (Å²) < 4.78 is 0. The van der Waals surface area contributed by atoms with Crippen molar-refractivity contribution >= 4 is 7.85 Å². The first-order valence-electron chi connectivity index (χ1n) is 6.15. The van der Waals surface area contributed by atoms with Crippen LogP contribution in [-0.2, 0) is 0 Å². The average Bonchev–Trinajstić information content (AvgIpc) is 2.13. The molecule has 0 saturated heterocycles. The van der Waals surface area contributed by atoms with Gasteiger partial charge in [0.1, 0.15) is 7.85 Å². The van der Waals surface area contributed by atoms with E-state index in [-0.39, 0.29) is 0 Å². The van der Waals surface area contributed by atoms with E-state index in [0.29, 0.717) is 0 Å². The molecule has 0 nitrogen and oxygen atoms in total. The summed E-state index contributed by atoms with van der Waals surface area (Å²) >= 11 is 0. The molecule has 0 aliphatic rings. The van der Waals surface area contributed by atoms with Crippen LogP contribution in [0.15, 0.2) is 0 Å². The zero-order valence-electron chi connectivity index (χ0n) is 10.3. The lowest BCUT2D eigenvalue weighted by Crippen LogP contribution is -2.13. The summed E-state index contributed by atoms with van der Waals surface area (Å²) in [6, 6.07) is 0. The summed E-state index contributed by atoms with van der Waals surface area (Å²) in [5.41, 5.74) is 0. The van der Waals surface area contributed by atoms with E-state index in [2.05, 4.69) is 35.5 Å². The molecular formula is C12H27B. The van der Waals surface area contributed by atoms with Gasteiger partial charge < -0.3 is 0 Å². The maximum Gasteiger partial charge on any atom is 0.101 e. The molecule has 0 aromatic rings. The third-order valence-electron chi connectivity index (χ3n) is 3.46. The highest BCUT2D eigenvalue weighted by atomic mass is 14.2. The van der Waals surface area contributed by atoms with Crippen LogP contribution in [0, 0.1) is 17.8 Å². The average molecular weight is 182 g/mol. The van der Waals surface area contributed by atoms with Crippen LogP contribution >= 0.6 is 0 Å². The Morgan fingerprint density at radius 2 is 1.69 bits per heavy atom. The maximum atomic E-state index is 2.41. The molecule has 13 heavy (non-hydrogen) atoms. The Morgan fingerprint density at radius 1 is 1.08 bits per heavy atom. The molecule has 0 bridgehead atoms. The monoisotopic (exact) mass is 182 g/mol. The zero-order chi connectivity index (χ0) is 10.3. The molecule has 3 atom stereocenters. The van der Waals surface area contributed by atoms with Gasteiger partial charge in [-0.15, -0.1) is 0 Å². The van der Waals surface area contributed by atoms with Gasteiger partial charge in [0, 0.05) is 0 Å². The molecule has 1 heteroatoms. The Morgan fingerprint density at radius 3 is 2.08 bits per heavy atom. The molecule has 2 unspecified atom stereocenters. The van der Waals surface area contributed by atoms with Gasteiger partial charge in [-0.05, 0) is 24.2 Å². The van der Waals surface area contributed by atoms with Gasteiger partial charge in [-0.1, -0.05) is 53.3 Å². The van der Waals surface area contributed by atoms with E-state index >= 15 is 0 Å². The Balaban J connectivity index is 3.82. The first-order valence-corrected chi connectivity index (χ1v) is 6.15. The number of hydrogen-bond donors (Lipinski definition) is 0. The van der Waals surface area contributed by atoms with Gasteiger partial charge in [0.25, 0.3) is 0 Å². The zero-order valence-corrected chi connectivity index (χ0v) is 10.3. The third kappa shape index (κ3) is 5.39. The minimum Gasteiger partial charge on any atom is -0.0808 e. The Hall–Kier alpha value is 0.0649. The lowest BCUT2D eigenvalue weighted by atomic mass is 9.80. The van der Waals surface area contributed by atoms with Gasteiger partial charge in [0.2, 0.25) is 0 Å². The highest BCUT2D eigenvalue weighted by Crippen LogP contribution is 2.27. The van der Waals surface area contributed by atoms with Crippen molar-refractivity contribution < 1.29 is 0 Å². The van der Waals surface area contributed by atoms with E-state index in [1.807, 2.05) is 0 Å². The minimum atomic E-state index is 0.921. The fourth-order valence-corrected chi connectivity index (χ4v) is 2.26. The predicted octanol–water partition coefficient (Wildman–Crippen LogP) is 3.53. The first kappa shape index (κ1) is 13.1. The maximum absolute atomic E-state index is 2.41. The summed E-state index contributed by atoms with van der Waals surface area (Å²) in [5.74, 6) is 2.82. The van der Waals surface area contributed by atoms with Crippen LogP contribution in [0.5, 0.6) is 0 Å². The van der Waals surface area contributed by atoms with Crippen molar-refractivity contribution in [2.24, 2.45) is 17.8 Å². The van der Waals surface area contributed by atoms with Crippen LogP contribution in [0.25, 0.3) is 0 Å². The molecule has 0 saturated carbocycles. The topological polar surface area (TPSA) is 0 Å². The first-order chi connectivity index (χ1) is 6.15. The molecule has 0 N–H and O–H groups in total. The number of hydrogen-bond acceptors (Lipinski definition) is 0. The Labute approximate surface area is 85.9 Å². The third-order valence-corrected chi connectivity index (χ3v) is 3.46. The van der Waals surface area contributed by atoms with Crippen molar-refractivity contribution in [2.75, 3.05) is 0 Å². The van der Waals surface area contributed by atoms with Crippen LogP contribution in [0.2, 0.25) is 6.32 Å². The lowest BCUT2D eigenvalue weighted by molar-refractivity contribution is 0.273. The SMILES string of the molecule is BCCC(C)CC(CC)[C@@H](C)CC. The van der Waals surface area contributed by atoms with Gasteiger partial charge >= 0.3 is 0 Å². The molecule has 0 fully saturated rings. The van der Waals surface area contributed by atoms with Crippen molar-refractivity contribution in [3.63, 3.8) is 0 Å². The summed E-state index contributed by atoms with van der Waals surface area (Å²) in [5, 5.41) is 0. The van der Waals surface area contributed by atoms with Gasteiger partial charge in [0.15, 0.2) is 0 Å². The second-order valence-corrected chi connectivity index (χ2v) is 4.68. The van der Waals surface area contributed by atoms with Crippen molar-refractivity contribution in [1.29, 1.82) is 0 Å². The normalized spacial score (nSPS) is 18.2. The molecule has 78 valence electrons. The van der Waals surface area contributed by atoms with Crippen LogP contribution < -0.4 is 0 Å². The molecule has 0 aromatic heterocycles. The Kier molecular flexibility index (Phi) is 7.50. The van der Waals surface area contributed by atoms with Crippen LogP contribution in [0.1, 0.15) is 53.4 Å². The predicted molar refractivity (Wildman–Crippen MR) is 65.0 cm³/mol. The summed E-state index contributed by atoms with van der Waals surface area (Å²) in [4.78, 5) is 0. The van der Waals surface area contributed by atoms with E-state index in [0.717, 1.165) is 17.8 Å². The van der Waals surface area contributed by atoms with Crippen molar-refractivity contribution in [1.82, 2.24) is 0 Å². The molecule has 0 heterocycles. The standard InChI is InChI=1S/C12H27B/c1-5-11(4)12(6-2)9-10(3)7-8-13/h10-12H,5-9,13H2,1-4H3/t10?,11-,12?/m0/s1. The van der Waals surface area contributed by atoms with Gasteiger partial charge in [0.05, 0.1) is 0 Å². The van der Waals surface area contributed by atoms with Crippen molar-refractivity contribution in [3.8, 4) is 0 Å². The van der Waals surface area contributed by atoms with E-state index in [1.54, 1.807) is 0 Å². The molecule has 0 aromatic carbocycles.